The Balaban J connectivity index is 1.28. The van der Waals surface area contributed by atoms with Gasteiger partial charge in [-0.3, -0.25) is 9.48 Å². The van der Waals surface area contributed by atoms with E-state index in [2.05, 4.69) is 26.4 Å². The zero-order chi connectivity index (χ0) is 26.4. The smallest absolute Gasteiger partial charge is 0.240 e. The van der Waals surface area contributed by atoms with Gasteiger partial charge in [0, 0.05) is 36.6 Å². The van der Waals surface area contributed by atoms with Gasteiger partial charge < -0.3 is 10.2 Å². The molecule has 1 saturated heterocycles. The quantitative estimate of drug-likeness (QED) is 0.488. The van der Waals surface area contributed by atoms with E-state index in [1.165, 1.54) is 32.1 Å². The van der Waals surface area contributed by atoms with Crippen molar-refractivity contribution in [2.45, 2.75) is 95.7 Å². The van der Waals surface area contributed by atoms with Crippen molar-refractivity contribution >= 4 is 17.5 Å². The molecule has 7 nitrogen and oxygen atoms in total. The third-order valence-corrected chi connectivity index (χ3v) is 9.74. The number of amides is 1. The minimum Gasteiger partial charge on any atom is -0.341 e. The molecular formula is C30H41ClN6O. The second kappa shape index (κ2) is 12.6. The maximum Gasteiger partial charge on any atom is 0.240 e. The number of rotatable bonds is 8. The first-order valence-electron chi connectivity index (χ1n) is 14.6. The van der Waals surface area contributed by atoms with Crippen molar-refractivity contribution in [3.05, 3.63) is 47.5 Å². The second-order valence-corrected chi connectivity index (χ2v) is 12.3. The third-order valence-electron chi connectivity index (χ3n) is 9.48. The predicted molar refractivity (Wildman–Crippen MR) is 148 cm³/mol. The van der Waals surface area contributed by atoms with E-state index in [1.54, 1.807) is 6.33 Å². The zero-order valence-electron chi connectivity index (χ0n) is 22.4. The summed E-state index contributed by atoms with van der Waals surface area (Å²) < 4.78 is 2.01. The van der Waals surface area contributed by atoms with E-state index in [9.17, 15) is 10.1 Å². The van der Waals surface area contributed by atoms with Gasteiger partial charge in [-0.2, -0.15) is 10.4 Å². The van der Waals surface area contributed by atoms with E-state index >= 15 is 0 Å². The van der Waals surface area contributed by atoms with E-state index in [0.29, 0.717) is 17.4 Å². The Hall–Kier alpha value is -2.43. The van der Waals surface area contributed by atoms with E-state index in [4.69, 9.17) is 11.6 Å². The summed E-state index contributed by atoms with van der Waals surface area (Å²) in [7, 11) is 0. The summed E-state index contributed by atoms with van der Waals surface area (Å²) in [6, 6.07) is 10.3. The Morgan fingerprint density at radius 3 is 2.42 bits per heavy atom. The van der Waals surface area contributed by atoms with Crippen molar-refractivity contribution in [2.75, 3.05) is 13.1 Å². The number of carbonyl (C=O) groups is 1. The van der Waals surface area contributed by atoms with Crippen LogP contribution in [0.3, 0.4) is 0 Å². The first-order valence-corrected chi connectivity index (χ1v) is 14.9. The molecule has 204 valence electrons. The van der Waals surface area contributed by atoms with Crippen LogP contribution in [0.5, 0.6) is 0 Å². The number of nitriles is 1. The lowest BCUT2D eigenvalue weighted by molar-refractivity contribution is -0.137. The number of nitrogens with one attached hydrogen (secondary N) is 1. The normalized spacial score (nSPS) is 25.0. The van der Waals surface area contributed by atoms with E-state index in [0.717, 1.165) is 63.7 Å². The number of hydrogen-bond acceptors (Lipinski definition) is 5. The molecule has 1 aromatic carbocycles. The lowest BCUT2D eigenvalue weighted by Crippen LogP contribution is -2.55. The SMILES string of the molecule is N#C[C@H]1CC[C@@H](N[C@H](Cc2ccc(Cl)cc2)C(=O)N2CCC(Cn3cncn3)(C3CCCCC3)CC2)CC1. The van der Waals surface area contributed by atoms with Crippen LogP contribution in [-0.2, 0) is 17.8 Å². The molecule has 0 bridgehead atoms. The molecule has 38 heavy (non-hydrogen) atoms. The number of likely N-dealkylation sites (tertiary alicyclic amines) is 1. The van der Waals surface area contributed by atoms with Gasteiger partial charge in [-0.05, 0) is 86.8 Å². The molecule has 1 aliphatic heterocycles. The number of hydrogen-bond donors (Lipinski definition) is 1. The molecule has 0 spiro atoms. The molecule has 1 amide bonds. The molecule has 5 rings (SSSR count). The van der Waals surface area contributed by atoms with Crippen LogP contribution >= 0.6 is 11.6 Å². The maximum atomic E-state index is 14.0. The molecule has 3 aliphatic rings. The number of piperidine rings is 1. The topological polar surface area (TPSA) is 86.8 Å². The van der Waals surface area contributed by atoms with Crippen molar-refractivity contribution in [2.24, 2.45) is 17.3 Å². The Kier molecular flexibility index (Phi) is 9.01. The molecule has 2 aliphatic carbocycles. The second-order valence-electron chi connectivity index (χ2n) is 11.8. The maximum absolute atomic E-state index is 14.0. The summed E-state index contributed by atoms with van der Waals surface area (Å²) in [5.41, 5.74) is 1.30. The van der Waals surface area contributed by atoms with E-state index in [1.807, 2.05) is 35.3 Å². The van der Waals surface area contributed by atoms with E-state index in [-0.39, 0.29) is 29.3 Å². The first kappa shape index (κ1) is 27.1. The lowest BCUT2D eigenvalue weighted by Gasteiger charge is -2.48. The average Bonchev–Trinajstić information content (AvgIpc) is 3.47. The summed E-state index contributed by atoms with van der Waals surface area (Å²) in [6.07, 6.45) is 16.4. The van der Waals surface area contributed by atoms with Gasteiger partial charge in [-0.1, -0.05) is 43.0 Å². The highest BCUT2D eigenvalue weighted by atomic mass is 35.5. The highest BCUT2D eigenvalue weighted by Crippen LogP contribution is 2.47. The molecule has 3 fully saturated rings. The summed E-state index contributed by atoms with van der Waals surface area (Å²) in [5, 5.41) is 18.2. The summed E-state index contributed by atoms with van der Waals surface area (Å²) >= 11 is 6.13. The largest absolute Gasteiger partial charge is 0.341 e. The van der Waals surface area contributed by atoms with Gasteiger partial charge in [-0.15, -0.1) is 0 Å². The number of halogens is 1. The van der Waals surface area contributed by atoms with Gasteiger partial charge in [0.05, 0.1) is 12.1 Å². The van der Waals surface area contributed by atoms with Crippen LogP contribution in [0.2, 0.25) is 5.02 Å². The third kappa shape index (κ3) is 6.58. The molecule has 8 heteroatoms. The van der Waals surface area contributed by atoms with Gasteiger partial charge in [0.25, 0.3) is 0 Å². The Labute approximate surface area is 231 Å². The summed E-state index contributed by atoms with van der Waals surface area (Å²) in [5.74, 6) is 1.05. The Morgan fingerprint density at radius 1 is 1.08 bits per heavy atom. The standard InChI is InChI=1S/C30H41ClN6O/c31-26-10-6-23(7-11-26)18-28(35-27-12-8-24(19-32)9-13-27)29(38)36-16-14-30(15-17-36,20-37-22-33-21-34-37)25-4-2-1-3-5-25/h6-7,10-11,21-22,24-25,27-28,35H,1-5,8-9,12-18,20H2/t24-,27+,28-/m1/s1. The minimum atomic E-state index is -0.266. The predicted octanol–water partition coefficient (Wildman–Crippen LogP) is 5.40. The fourth-order valence-corrected chi connectivity index (χ4v) is 7.31. The monoisotopic (exact) mass is 536 g/mol. The van der Waals surface area contributed by atoms with Crippen molar-refractivity contribution in [3.8, 4) is 6.07 Å². The Bertz CT molecular complexity index is 1060. The fourth-order valence-electron chi connectivity index (χ4n) is 7.19. The van der Waals surface area contributed by atoms with Crippen molar-refractivity contribution in [1.82, 2.24) is 25.0 Å². The number of benzene rings is 1. The van der Waals surface area contributed by atoms with Gasteiger partial charge in [0.2, 0.25) is 5.91 Å². The van der Waals surface area contributed by atoms with Gasteiger partial charge >= 0.3 is 0 Å². The number of carbonyl (C=O) groups excluding carboxylic acids is 1. The van der Waals surface area contributed by atoms with E-state index < -0.39 is 0 Å². The van der Waals surface area contributed by atoms with Gasteiger partial charge in [-0.25, -0.2) is 4.98 Å². The molecule has 1 N–H and O–H groups in total. The molecule has 2 saturated carbocycles. The highest BCUT2D eigenvalue weighted by molar-refractivity contribution is 6.30. The van der Waals surface area contributed by atoms with Crippen LogP contribution in [0, 0.1) is 28.6 Å². The molecular weight excluding hydrogens is 496 g/mol. The number of nitrogens with zero attached hydrogens (tertiary/aromatic N) is 5. The number of aromatic nitrogens is 3. The molecule has 1 atom stereocenters. The lowest BCUT2D eigenvalue weighted by atomic mass is 9.63. The van der Waals surface area contributed by atoms with Crippen LogP contribution in [0.4, 0.5) is 0 Å². The first-order chi connectivity index (χ1) is 18.5. The van der Waals surface area contributed by atoms with Crippen molar-refractivity contribution in [1.29, 1.82) is 5.26 Å². The molecule has 0 radical (unpaired) electrons. The van der Waals surface area contributed by atoms with Crippen molar-refractivity contribution in [3.63, 3.8) is 0 Å². The van der Waals surface area contributed by atoms with Crippen LogP contribution in [0.1, 0.15) is 76.2 Å². The Morgan fingerprint density at radius 2 is 1.79 bits per heavy atom. The molecule has 1 aromatic heterocycles. The zero-order valence-corrected chi connectivity index (χ0v) is 23.2. The van der Waals surface area contributed by atoms with Crippen LogP contribution < -0.4 is 5.32 Å². The van der Waals surface area contributed by atoms with Gasteiger partial charge in [0.15, 0.2) is 0 Å². The molecule has 2 aromatic rings. The fraction of sp³-hybridized carbons (Fsp3) is 0.667. The molecule has 0 unspecified atom stereocenters. The van der Waals surface area contributed by atoms with Crippen LogP contribution in [-0.4, -0.2) is 50.7 Å². The van der Waals surface area contributed by atoms with Crippen molar-refractivity contribution < 1.29 is 4.79 Å². The van der Waals surface area contributed by atoms with Crippen LogP contribution in [0.15, 0.2) is 36.9 Å². The highest BCUT2D eigenvalue weighted by Gasteiger charge is 2.44. The summed E-state index contributed by atoms with van der Waals surface area (Å²) in [6.45, 7) is 2.49. The summed E-state index contributed by atoms with van der Waals surface area (Å²) in [4.78, 5) is 20.3. The van der Waals surface area contributed by atoms with Gasteiger partial charge in [0.1, 0.15) is 12.7 Å². The molecule has 2 heterocycles. The average molecular weight is 537 g/mol. The van der Waals surface area contributed by atoms with Crippen LogP contribution in [0.25, 0.3) is 0 Å². The minimum absolute atomic E-state index is 0.151.